The summed E-state index contributed by atoms with van der Waals surface area (Å²) in [5, 5.41) is 16.2. The van der Waals surface area contributed by atoms with E-state index in [9.17, 15) is 4.79 Å². The van der Waals surface area contributed by atoms with E-state index in [1.165, 1.54) is 22.0 Å². The lowest BCUT2D eigenvalue weighted by atomic mass is 10.1. The van der Waals surface area contributed by atoms with Gasteiger partial charge in [0, 0.05) is 17.1 Å². The molecule has 4 N–H and O–H groups in total. The van der Waals surface area contributed by atoms with Crippen molar-refractivity contribution >= 4 is 41.4 Å². The predicted molar refractivity (Wildman–Crippen MR) is 147 cm³/mol. The molecule has 4 aromatic rings. The smallest absolute Gasteiger partial charge is 0.264 e. The average molecular weight is 536 g/mol. The third-order valence-electron chi connectivity index (χ3n) is 5.20. The highest BCUT2D eigenvalue weighted by Crippen LogP contribution is 2.19. The van der Waals surface area contributed by atoms with Gasteiger partial charge in [-0.3, -0.25) is 4.79 Å². The Morgan fingerprint density at radius 1 is 1.08 bits per heavy atom. The van der Waals surface area contributed by atoms with Gasteiger partial charge < -0.3 is 15.9 Å². The molecule has 0 saturated carbocycles. The van der Waals surface area contributed by atoms with Crippen molar-refractivity contribution in [1.29, 1.82) is 0 Å². The molecule has 1 amide bonds. The van der Waals surface area contributed by atoms with Crippen molar-refractivity contribution in [3.63, 3.8) is 0 Å². The number of aromatic nitrogens is 3. The highest BCUT2D eigenvalue weighted by atomic mass is 35.5. The molecule has 0 atom stereocenters. The molecule has 190 valence electrons. The van der Waals surface area contributed by atoms with Gasteiger partial charge in [-0.1, -0.05) is 77.5 Å². The molecule has 0 fully saturated rings. The fourth-order valence-corrected chi connectivity index (χ4v) is 3.97. The molecule has 0 radical (unpaired) electrons. The number of halogens is 1. The predicted octanol–water partition coefficient (Wildman–Crippen LogP) is 4.39. The van der Waals surface area contributed by atoms with Gasteiger partial charge in [-0.2, -0.15) is 5.10 Å². The first kappa shape index (κ1) is 26.1. The average Bonchev–Trinajstić information content (AvgIpc) is 3.26. The summed E-state index contributed by atoms with van der Waals surface area (Å²) in [6.07, 6.45) is 1.61. The Kier molecular flexibility index (Phi) is 9.01. The number of anilines is 1. The zero-order chi connectivity index (χ0) is 26.0. The minimum Gasteiger partial charge on any atom is -0.488 e. The maximum absolute atomic E-state index is 12.2. The van der Waals surface area contributed by atoms with Gasteiger partial charge >= 0.3 is 0 Å². The summed E-state index contributed by atoms with van der Waals surface area (Å²) in [6.45, 7) is 2.88. The Morgan fingerprint density at radius 3 is 2.59 bits per heavy atom. The molecule has 37 heavy (non-hydrogen) atoms. The second kappa shape index (κ2) is 12.8. The Balaban J connectivity index is 1.27. The number of nitrogens with two attached hydrogens (primary N) is 1. The van der Waals surface area contributed by atoms with Crippen LogP contribution in [0.5, 0.6) is 5.75 Å². The van der Waals surface area contributed by atoms with Crippen LogP contribution in [0, 0.1) is 6.92 Å². The van der Waals surface area contributed by atoms with E-state index in [2.05, 4.69) is 26.0 Å². The van der Waals surface area contributed by atoms with Crippen molar-refractivity contribution in [2.75, 3.05) is 17.0 Å². The fourth-order valence-electron chi connectivity index (χ4n) is 3.16. The number of benzene rings is 3. The number of thioether (sulfide) groups is 1. The van der Waals surface area contributed by atoms with Gasteiger partial charge in [0.1, 0.15) is 12.4 Å². The number of nitrogens with zero attached hydrogens (tertiary/aromatic N) is 4. The molecule has 4 rings (SSSR count). The molecule has 11 heteroatoms. The molecule has 0 aliphatic heterocycles. The number of nitrogen functional groups attached to an aromatic ring is 1. The number of amides is 1. The van der Waals surface area contributed by atoms with E-state index in [1.807, 2.05) is 79.7 Å². The van der Waals surface area contributed by atoms with E-state index in [0.29, 0.717) is 29.1 Å². The lowest BCUT2D eigenvalue weighted by molar-refractivity contribution is -0.118. The van der Waals surface area contributed by atoms with Gasteiger partial charge in [-0.15, -0.1) is 10.2 Å². The number of rotatable bonds is 11. The fraction of sp³-hybridized carbons (Fsp3) is 0.154. The van der Waals surface area contributed by atoms with E-state index in [1.54, 1.807) is 6.21 Å². The van der Waals surface area contributed by atoms with Crippen LogP contribution in [-0.4, -0.2) is 32.7 Å². The topological polar surface area (TPSA) is 119 Å². The quantitative estimate of drug-likeness (QED) is 0.113. The van der Waals surface area contributed by atoms with Gasteiger partial charge in [0.25, 0.3) is 5.95 Å². The van der Waals surface area contributed by atoms with E-state index < -0.39 is 0 Å². The number of hydrogen-bond acceptors (Lipinski definition) is 8. The first-order valence-electron chi connectivity index (χ1n) is 11.4. The van der Waals surface area contributed by atoms with Crippen LogP contribution in [0.3, 0.4) is 0 Å². The summed E-state index contributed by atoms with van der Waals surface area (Å²) in [4.78, 5) is 12.2. The SMILES string of the molecule is Cc1ccc(CNC(=O)CSc2nnc(N/N=C/c3ccccc3OCc3ccc(Cl)cc3)n2N)cc1. The first-order chi connectivity index (χ1) is 18.0. The second-order valence-corrected chi connectivity index (χ2v) is 9.43. The van der Waals surface area contributed by atoms with Gasteiger partial charge in [0.05, 0.1) is 12.0 Å². The summed E-state index contributed by atoms with van der Waals surface area (Å²) in [5.41, 5.74) is 6.76. The van der Waals surface area contributed by atoms with Gasteiger partial charge in [0.2, 0.25) is 11.1 Å². The number of hydrogen-bond donors (Lipinski definition) is 3. The Hall–Kier alpha value is -4.02. The van der Waals surface area contributed by atoms with Crippen molar-refractivity contribution in [2.45, 2.75) is 25.2 Å². The van der Waals surface area contributed by atoms with Crippen molar-refractivity contribution in [1.82, 2.24) is 20.2 Å². The van der Waals surface area contributed by atoms with Crippen molar-refractivity contribution in [3.8, 4) is 5.75 Å². The third kappa shape index (κ3) is 7.73. The van der Waals surface area contributed by atoms with Crippen LogP contribution in [0.25, 0.3) is 0 Å². The number of para-hydroxylation sites is 1. The van der Waals surface area contributed by atoms with Gasteiger partial charge in [0.15, 0.2) is 0 Å². The summed E-state index contributed by atoms with van der Waals surface area (Å²) in [5.74, 6) is 7.00. The monoisotopic (exact) mass is 535 g/mol. The third-order valence-corrected chi connectivity index (χ3v) is 6.40. The highest BCUT2D eigenvalue weighted by molar-refractivity contribution is 7.99. The molecule has 1 heterocycles. The molecule has 3 aromatic carbocycles. The van der Waals surface area contributed by atoms with Crippen molar-refractivity contribution in [2.24, 2.45) is 5.10 Å². The van der Waals surface area contributed by atoms with E-state index in [4.69, 9.17) is 22.2 Å². The molecule has 0 aliphatic rings. The number of aryl methyl sites for hydroxylation is 1. The van der Waals surface area contributed by atoms with Crippen LogP contribution in [-0.2, 0) is 17.9 Å². The number of ether oxygens (including phenoxy) is 1. The van der Waals surface area contributed by atoms with Gasteiger partial charge in [-0.25, -0.2) is 10.1 Å². The van der Waals surface area contributed by atoms with Crippen LogP contribution >= 0.6 is 23.4 Å². The first-order valence-corrected chi connectivity index (χ1v) is 12.7. The van der Waals surface area contributed by atoms with Crippen LogP contribution in [0.1, 0.15) is 22.3 Å². The lowest BCUT2D eigenvalue weighted by Crippen LogP contribution is -2.25. The number of nitrogens with one attached hydrogen (secondary N) is 2. The summed E-state index contributed by atoms with van der Waals surface area (Å²) in [6, 6.07) is 23.0. The van der Waals surface area contributed by atoms with E-state index in [0.717, 1.165) is 16.7 Å². The van der Waals surface area contributed by atoms with E-state index in [-0.39, 0.29) is 17.6 Å². The molecule has 0 bridgehead atoms. The van der Waals surface area contributed by atoms with Crippen LogP contribution in [0.4, 0.5) is 5.95 Å². The number of hydrazone groups is 1. The molecule has 0 unspecified atom stereocenters. The maximum atomic E-state index is 12.2. The standard InChI is InChI=1S/C26H26ClN7O2S/c1-18-6-8-19(9-7-18)14-29-24(35)17-37-26-33-32-25(34(26)28)31-30-15-21-4-2-3-5-23(21)36-16-20-10-12-22(27)13-11-20/h2-13,15H,14,16-17,28H2,1H3,(H,29,35)(H,31,32)/b30-15+. The van der Waals surface area contributed by atoms with E-state index >= 15 is 0 Å². The molecule has 0 saturated heterocycles. The normalized spacial score (nSPS) is 11.0. The van der Waals surface area contributed by atoms with Crippen molar-refractivity contribution < 1.29 is 9.53 Å². The largest absolute Gasteiger partial charge is 0.488 e. The molecule has 1 aromatic heterocycles. The second-order valence-electron chi connectivity index (χ2n) is 8.05. The minimum absolute atomic E-state index is 0.128. The number of carbonyl (C=O) groups excluding carboxylic acids is 1. The molecule has 0 spiro atoms. The Bertz CT molecular complexity index is 1360. The Morgan fingerprint density at radius 2 is 1.81 bits per heavy atom. The molecule has 0 aliphatic carbocycles. The van der Waals surface area contributed by atoms with Gasteiger partial charge in [-0.05, 0) is 42.3 Å². The molecular weight excluding hydrogens is 510 g/mol. The molecular formula is C26H26ClN7O2S. The zero-order valence-electron chi connectivity index (χ0n) is 20.1. The number of carbonyl (C=O) groups is 1. The minimum atomic E-state index is -0.128. The Labute approximate surface area is 224 Å². The highest BCUT2D eigenvalue weighted by Gasteiger charge is 2.12. The zero-order valence-corrected chi connectivity index (χ0v) is 21.7. The summed E-state index contributed by atoms with van der Waals surface area (Å²) in [7, 11) is 0. The molecule has 9 nitrogen and oxygen atoms in total. The van der Waals surface area contributed by atoms with Crippen LogP contribution in [0.15, 0.2) is 83.1 Å². The lowest BCUT2D eigenvalue weighted by Gasteiger charge is -2.09. The van der Waals surface area contributed by atoms with Crippen LogP contribution < -0.4 is 21.3 Å². The maximum Gasteiger partial charge on any atom is 0.264 e. The van der Waals surface area contributed by atoms with Crippen LogP contribution in [0.2, 0.25) is 5.02 Å². The summed E-state index contributed by atoms with van der Waals surface area (Å²) >= 11 is 7.12. The summed E-state index contributed by atoms with van der Waals surface area (Å²) < 4.78 is 7.19. The van der Waals surface area contributed by atoms with Crippen molar-refractivity contribution in [3.05, 3.63) is 100 Å².